The van der Waals surface area contributed by atoms with E-state index in [-0.39, 0.29) is 6.42 Å². The number of aliphatic carboxylic acids is 1. The van der Waals surface area contributed by atoms with E-state index in [1.807, 2.05) is 0 Å². The Labute approximate surface area is 95.7 Å². The fraction of sp³-hybridized carbons (Fsp3) is 0.462. The summed E-state index contributed by atoms with van der Waals surface area (Å²) in [5.41, 5.74) is 3.89. The minimum atomic E-state index is -0.726. The zero-order chi connectivity index (χ0) is 11.5. The molecule has 0 bridgehead atoms. The Hall–Kier alpha value is -1.35. The van der Waals surface area contributed by atoms with E-state index >= 15 is 0 Å². The molecule has 0 aliphatic carbocycles. The first kappa shape index (κ1) is 11.1. The number of carboxylic acids is 1. The number of fused-ring (bicyclic) bond motifs is 1. The van der Waals surface area contributed by atoms with Gasteiger partial charge in [0.2, 0.25) is 0 Å². The normalized spacial score (nSPS) is 15.1. The lowest BCUT2D eigenvalue weighted by atomic mass is 10.0. The van der Waals surface area contributed by atoms with Gasteiger partial charge >= 0.3 is 5.97 Å². The Kier molecular flexibility index (Phi) is 3.25. The van der Waals surface area contributed by atoms with Gasteiger partial charge in [-0.05, 0) is 29.7 Å². The van der Waals surface area contributed by atoms with E-state index in [0.717, 1.165) is 25.2 Å². The van der Waals surface area contributed by atoms with Gasteiger partial charge in [0.25, 0.3) is 0 Å². The third-order valence-electron chi connectivity index (χ3n) is 3.13. The summed E-state index contributed by atoms with van der Waals surface area (Å²) >= 11 is 0. The lowest BCUT2D eigenvalue weighted by Gasteiger charge is -2.09. The number of nitrogens with zero attached hydrogens (tertiary/aromatic N) is 1. The molecule has 1 aliphatic rings. The molecule has 0 atom stereocenters. The molecule has 3 heteroatoms. The average Bonchev–Trinajstić information content (AvgIpc) is 2.68. The highest BCUT2D eigenvalue weighted by Crippen LogP contribution is 2.23. The number of benzene rings is 1. The van der Waals surface area contributed by atoms with Gasteiger partial charge in [0.1, 0.15) is 0 Å². The summed E-state index contributed by atoms with van der Waals surface area (Å²) in [6.07, 6.45) is 0.852. The highest BCUT2D eigenvalue weighted by molar-refractivity contribution is 5.67. The van der Waals surface area contributed by atoms with E-state index in [2.05, 4.69) is 30.0 Å². The number of rotatable bonds is 4. The van der Waals surface area contributed by atoms with Crippen LogP contribution in [0.1, 0.15) is 30.0 Å². The monoisotopic (exact) mass is 219 g/mol. The lowest BCUT2D eigenvalue weighted by Crippen LogP contribution is -2.14. The fourth-order valence-corrected chi connectivity index (χ4v) is 2.15. The van der Waals surface area contributed by atoms with Gasteiger partial charge in [-0.2, -0.15) is 0 Å². The van der Waals surface area contributed by atoms with Gasteiger partial charge in [-0.25, -0.2) is 0 Å². The predicted octanol–water partition coefficient (Wildman–Crippen LogP) is 2.04. The third-order valence-corrected chi connectivity index (χ3v) is 3.13. The molecule has 0 fully saturated rings. The van der Waals surface area contributed by atoms with Gasteiger partial charge in [0.15, 0.2) is 0 Å². The van der Waals surface area contributed by atoms with Gasteiger partial charge in [-0.3, -0.25) is 9.69 Å². The number of carboxylic acid groups (broad SMARTS) is 1. The maximum Gasteiger partial charge on any atom is 0.303 e. The maximum atomic E-state index is 10.5. The van der Waals surface area contributed by atoms with Crippen LogP contribution in [-0.4, -0.2) is 22.5 Å². The van der Waals surface area contributed by atoms with Crippen molar-refractivity contribution < 1.29 is 9.90 Å². The first-order valence-electron chi connectivity index (χ1n) is 5.74. The molecule has 2 rings (SSSR count). The van der Waals surface area contributed by atoms with Crippen LogP contribution in [-0.2, 0) is 24.3 Å². The second-order valence-electron chi connectivity index (χ2n) is 4.30. The van der Waals surface area contributed by atoms with Crippen molar-refractivity contribution in [1.29, 1.82) is 0 Å². The van der Waals surface area contributed by atoms with Crippen LogP contribution in [0.15, 0.2) is 18.2 Å². The molecule has 1 heterocycles. The van der Waals surface area contributed by atoms with E-state index in [1.54, 1.807) is 0 Å². The molecule has 1 aliphatic heterocycles. The number of hydrogen-bond acceptors (Lipinski definition) is 2. The highest BCUT2D eigenvalue weighted by Gasteiger charge is 2.17. The molecule has 0 radical (unpaired) electrons. The van der Waals surface area contributed by atoms with Crippen molar-refractivity contribution in [2.24, 2.45) is 0 Å². The molecule has 3 nitrogen and oxygen atoms in total. The Morgan fingerprint density at radius 1 is 1.38 bits per heavy atom. The van der Waals surface area contributed by atoms with E-state index < -0.39 is 5.97 Å². The summed E-state index contributed by atoms with van der Waals surface area (Å²) in [5.74, 6) is -0.726. The zero-order valence-electron chi connectivity index (χ0n) is 9.57. The molecule has 0 aromatic heterocycles. The van der Waals surface area contributed by atoms with E-state index in [4.69, 9.17) is 5.11 Å². The van der Waals surface area contributed by atoms with Crippen LogP contribution in [0.5, 0.6) is 0 Å². The van der Waals surface area contributed by atoms with Gasteiger partial charge in [-0.15, -0.1) is 0 Å². The second kappa shape index (κ2) is 4.66. The van der Waals surface area contributed by atoms with Gasteiger partial charge in [0.05, 0.1) is 0 Å². The standard InChI is InChI=1S/C13H17NO2/c1-2-14-8-11-5-3-10(4-6-13(15)16)7-12(11)9-14/h3,5,7H,2,4,6,8-9H2,1H3,(H,15,16). The van der Waals surface area contributed by atoms with Gasteiger partial charge in [-0.1, -0.05) is 25.1 Å². The van der Waals surface area contributed by atoms with Crippen LogP contribution < -0.4 is 0 Å². The SMILES string of the molecule is CCN1Cc2ccc(CCC(=O)O)cc2C1. The van der Waals surface area contributed by atoms with Crippen molar-refractivity contribution in [3.05, 3.63) is 34.9 Å². The molecule has 0 spiro atoms. The summed E-state index contributed by atoms with van der Waals surface area (Å²) in [7, 11) is 0. The molecule has 16 heavy (non-hydrogen) atoms. The number of aryl methyl sites for hydroxylation is 1. The van der Waals surface area contributed by atoms with Crippen molar-refractivity contribution in [2.45, 2.75) is 32.9 Å². The van der Waals surface area contributed by atoms with Gasteiger partial charge in [0, 0.05) is 19.5 Å². The smallest absolute Gasteiger partial charge is 0.303 e. The Morgan fingerprint density at radius 3 is 2.81 bits per heavy atom. The van der Waals surface area contributed by atoms with E-state index in [0.29, 0.717) is 6.42 Å². The van der Waals surface area contributed by atoms with E-state index in [1.165, 1.54) is 11.1 Å². The lowest BCUT2D eigenvalue weighted by molar-refractivity contribution is -0.136. The fourth-order valence-electron chi connectivity index (χ4n) is 2.15. The molecule has 1 N–H and O–H groups in total. The number of carbonyl (C=O) groups is 1. The van der Waals surface area contributed by atoms with Crippen molar-refractivity contribution in [1.82, 2.24) is 4.90 Å². The van der Waals surface area contributed by atoms with Crippen molar-refractivity contribution in [3.63, 3.8) is 0 Å². The quantitative estimate of drug-likeness (QED) is 0.842. The van der Waals surface area contributed by atoms with Crippen LogP contribution in [0.4, 0.5) is 0 Å². The summed E-state index contributed by atoms with van der Waals surface area (Å²) in [5, 5.41) is 8.64. The molecule has 0 unspecified atom stereocenters. The minimum absolute atomic E-state index is 0.219. The first-order chi connectivity index (χ1) is 7.69. The topological polar surface area (TPSA) is 40.5 Å². The zero-order valence-corrected chi connectivity index (χ0v) is 9.57. The van der Waals surface area contributed by atoms with Crippen LogP contribution >= 0.6 is 0 Å². The summed E-state index contributed by atoms with van der Waals surface area (Å²) in [6, 6.07) is 6.36. The summed E-state index contributed by atoms with van der Waals surface area (Å²) in [4.78, 5) is 12.9. The average molecular weight is 219 g/mol. The van der Waals surface area contributed by atoms with Crippen LogP contribution in [0.2, 0.25) is 0 Å². The van der Waals surface area contributed by atoms with Crippen LogP contribution in [0.25, 0.3) is 0 Å². The second-order valence-corrected chi connectivity index (χ2v) is 4.30. The largest absolute Gasteiger partial charge is 0.481 e. The third kappa shape index (κ3) is 2.42. The Bertz CT molecular complexity index is 401. The molecule has 86 valence electrons. The predicted molar refractivity (Wildman–Crippen MR) is 62.2 cm³/mol. The molecule has 0 saturated heterocycles. The van der Waals surface area contributed by atoms with Crippen LogP contribution in [0.3, 0.4) is 0 Å². The molecule has 0 amide bonds. The number of hydrogen-bond donors (Lipinski definition) is 1. The van der Waals surface area contributed by atoms with Crippen molar-refractivity contribution in [2.75, 3.05) is 6.54 Å². The van der Waals surface area contributed by atoms with Crippen molar-refractivity contribution in [3.8, 4) is 0 Å². The summed E-state index contributed by atoms with van der Waals surface area (Å²) in [6.45, 7) is 5.27. The molecule has 0 saturated carbocycles. The highest BCUT2D eigenvalue weighted by atomic mass is 16.4. The van der Waals surface area contributed by atoms with Crippen LogP contribution in [0, 0.1) is 0 Å². The molecule has 1 aromatic rings. The first-order valence-corrected chi connectivity index (χ1v) is 5.74. The molecule has 1 aromatic carbocycles. The van der Waals surface area contributed by atoms with Gasteiger partial charge < -0.3 is 5.11 Å². The minimum Gasteiger partial charge on any atom is -0.481 e. The Morgan fingerprint density at radius 2 is 2.12 bits per heavy atom. The molecular weight excluding hydrogens is 202 g/mol. The van der Waals surface area contributed by atoms with E-state index in [9.17, 15) is 4.79 Å². The Balaban J connectivity index is 2.07. The van der Waals surface area contributed by atoms with Crippen molar-refractivity contribution >= 4 is 5.97 Å². The maximum absolute atomic E-state index is 10.5. The summed E-state index contributed by atoms with van der Waals surface area (Å²) < 4.78 is 0. The molecular formula is C13H17NO2.